The number of rotatable bonds is 4. The number of aromatic nitrogens is 2. The Bertz CT molecular complexity index is 583. The quantitative estimate of drug-likeness (QED) is 0.855. The third-order valence-electron chi connectivity index (χ3n) is 2.38. The summed E-state index contributed by atoms with van der Waals surface area (Å²) < 4.78 is 17.8. The van der Waals surface area contributed by atoms with Crippen LogP contribution in [0.4, 0.5) is 4.39 Å². The van der Waals surface area contributed by atoms with Gasteiger partial charge < -0.3 is 4.52 Å². The summed E-state index contributed by atoms with van der Waals surface area (Å²) in [5.41, 5.74) is 0.469. The lowest BCUT2D eigenvalue weighted by Gasteiger charge is -1.97. The van der Waals surface area contributed by atoms with E-state index >= 15 is 0 Å². The predicted molar refractivity (Wildman–Crippen MR) is 63.7 cm³/mol. The molecule has 0 aliphatic rings. The van der Waals surface area contributed by atoms with E-state index in [1.54, 1.807) is 6.92 Å². The standard InChI is InChI=1S/C12H10ClFN2O2/c1-2-8(17)6-11-15-12(16-18-11)9-4-3-7(14)5-10(9)13/h3-5H,2,6H2,1H3. The Balaban J connectivity index is 2.26. The Morgan fingerprint density at radius 3 is 2.94 bits per heavy atom. The van der Waals surface area contributed by atoms with Crippen LogP contribution < -0.4 is 0 Å². The van der Waals surface area contributed by atoms with Gasteiger partial charge in [0.2, 0.25) is 11.7 Å². The van der Waals surface area contributed by atoms with Crippen LogP contribution >= 0.6 is 11.6 Å². The van der Waals surface area contributed by atoms with Gasteiger partial charge in [0.05, 0.1) is 11.4 Å². The van der Waals surface area contributed by atoms with Gasteiger partial charge in [-0.25, -0.2) is 4.39 Å². The normalized spacial score (nSPS) is 10.6. The molecule has 2 aromatic rings. The molecular weight excluding hydrogens is 259 g/mol. The fourth-order valence-electron chi connectivity index (χ4n) is 1.40. The predicted octanol–water partition coefficient (Wildman–Crippen LogP) is 3.05. The van der Waals surface area contributed by atoms with Gasteiger partial charge in [-0.05, 0) is 18.2 Å². The maximum Gasteiger partial charge on any atom is 0.234 e. The van der Waals surface area contributed by atoms with Crippen molar-refractivity contribution in [2.24, 2.45) is 0 Å². The molecule has 1 heterocycles. The Morgan fingerprint density at radius 1 is 1.50 bits per heavy atom. The van der Waals surface area contributed by atoms with Crippen molar-refractivity contribution in [1.82, 2.24) is 10.1 Å². The SMILES string of the molecule is CCC(=O)Cc1nc(-c2ccc(F)cc2Cl)no1. The molecule has 0 unspecified atom stereocenters. The molecular formula is C12H10ClFN2O2. The van der Waals surface area contributed by atoms with Crippen LogP contribution in [0, 0.1) is 5.82 Å². The van der Waals surface area contributed by atoms with Crippen molar-refractivity contribution in [2.75, 3.05) is 0 Å². The molecule has 94 valence electrons. The lowest BCUT2D eigenvalue weighted by atomic mass is 10.2. The van der Waals surface area contributed by atoms with Gasteiger partial charge in [-0.3, -0.25) is 4.79 Å². The van der Waals surface area contributed by atoms with Crippen LogP contribution in [-0.2, 0) is 11.2 Å². The van der Waals surface area contributed by atoms with Gasteiger partial charge in [-0.15, -0.1) is 0 Å². The molecule has 0 amide bonds. The van der Waals surface area contributed by atoms with Crippen molar-refractivity contribution < 1.29 is 13.7 Å². The molecule has 0 spiro atoms. The third kappa shape index (κ3) is 2.73. The second-order valence-electron chi connectivity index (χ2n) is 3.70. The molecule has 0 saturated heterocycles. The van der Waals surface area contributed by atoms with Gasteiger partial charge in [0, 0.05) is 12.0 Å². The number of benzene rings is 1. The number of Topliss-reactive ketones (excluding diaryl/α,β-unsaturated/α-hetero) is 1. The van der Waals surface area contributed by atoms with Gasteiger partial charge in [0.15, 0.2) is 0 Å². The molecule has 0 atom stereocenters. The van der Waals surface area contributed by atoms with E-state index in [9.17, 15) is 9.18 Å². The monoisotopic (exact) mass is 268 g/mol. The first-order chi connectivity index (χ1) is 8.60. The summed E-state index contributed by atoms with van der Waals surface area (Å²) in [6.07, 6.45) is 0.511. The first-order valence-electron chi connectivity index (χ1n) is 5.40. The average molecular weight is 269 g/mol. The molecule has 6 heteroatoms. The van der Waals surface area contributed by atoms with Crippen molar-refractivity contribution in [3.05, 3.63) is 34.9 Å². The third-order valence-corrected chi connectivity index (χ3v) is 2.70. The summed E-state index contributed by atoms with van der Waals surface area (Å²) in [4.78, 5) is 15.3. The molecule has 4 nitrogen and oxygen atoms in total. The smallest absolute Gasteiger partial charge is 0.234 e. The highest BCUT2D eigenvalue weighted by Gasteiger charge is 2.14. The van der Waals surface area contributed by atoms with E-state index < -0.39 is 5.82 Å². The molecule has 1 aromatic heterocycles. The number of ketones is 1. The van der Waals surface area contributed by atoms with Crippen molar-refractivity contribution >= 4 is 17.4 Å². The minimum atomic E-state index is -0.436. The minimum Gasteiger partial charge on any atom is -0.338 e. The molecule has 0 fully saturated rings. The summed E-state index contributed by atoms with van der Waals surface area (Å²) in [5.74, 6) is 0.0557. The van der Waals surface area contributed by atoms with Crippen LogP contribution in [-0.4, -0.2) is 15.9 Å². The fourth-order valence-corrected chi connectivity index (χ4v) is 1.65. The van der Waals surface area contributed by atoms with E-state index in [0.29, 0.717) is 12.0 Å². The summed E-state index contributed by atoms with van der Waals surface area (Å²) in [6, 6.07) is 3.90. The van der Waals surface area contributed by atoms with Crippen molar-refractivity contribution in [3.63, 3.8) is 0 Å². The maximum atomic E-state index is 12.9. The summed E-state index contributed by atoms with van der Waals surface area (Å²) in [5, 5.41) is 3.92. The van der Waals surface area contributed by atoms with Gasteiger partial charge >= 0.3 is 0 Å². The lowest BCUT2D eigenvalue weighted by molar-refractivity contribution is -0.118. The van der Waals surface area contributed by atoms with Gasteiger partial charge in [-0.2, -0.15) is 4.98 Å². The highest BCUT2D eigenvalue weighted by molar-refractivity contribution is 6.33. The Morgan fingerprint density at radius 2 is 2.28 bits per heavy atom. The number of hydrogen-bond donors (Lipinski definition) is 0. The molecule has 0 aliphatic heterocycles. The summed E-state index contributed by atoms with van der Waals surface area (Å²) >= 11 is 5.88. The Hall–Kier alpha value is -1.75. The molecule has 18 heavy (non-hydrogen) atoms. The molecule has 0 bridgehead atoms. The second-order valence-corrected chi connectivity index (χ2v) is 4.11. The topological polar surface area (TPSA) is 56.0 Å². The van der Waals surface area contributed by atoms with Crippen LogP contribution in [0.15, 0.2) is 22.7 Å². The largest absolute Gasteiger partial charge is 0.338 e. The van der Waals surface area contributed by atoms with E-state index in [1.807, 2.05) is 0 Å². The summed E-state index contributed by atoms with van der Waals surface area (Å²) in [6.45, 7) is 1.76. The zero-order valence-corrected chi connectivity index (χ0v) is 10.4. The second kappa shape index (κ2) is 5.27. The van der Waals surface area contributed by atoms with E-state index in [-0.39, 0.29) is 28.9 Å². The Kier molecular flexibility index (Phi) is 3.72. The highest BCUT2D eigenvalue weighted by Crippen LogP contribution is 2.26. The molecule has 0 N–H and O–H groups in total. The highest BCUT2D eigenvalue weighted by atomic mass is 35.5. The number of carbonyl (C=O) groups is 1. The van der Waals surface area contributed by atoms with Crippen LogP contribution in [0.1, 0.15) is 19.2 Å². The molecule has 0 saturated carbocycles. The average Bonchev–Trinajstić information content (AvgIpc) is 2.77. The van der Waals surface area contributed by atoms with E-state index in [4.69, 9.17) is 16.1 Å². The molecule has 2 rings (SSSR count). The van der Waals surface area contributed by atoms with E-state index in [2.05, 4.69) is 10.1 Å². The van der Waals surface area contributed by atoms with E-state index in [0.717, 1.165) is 0 Å². The number of hydrogen-bond acceptors (Lipinski definition) is 4. The van der Waals surface area contributed by atoms with Gasteiger partial charge in [0.1, 0.15) is 11.6 Å². The molecule has 0 radical (unpaired) electrons. The number of nitrogens with zero attached hydrogens (tertiary/aromatic N) is 2. The van der Waals surface area contributed by atoms with Crippen LogP contribution in [0.2, 0.25) is 5.02 Å². The van der Waals surface area contributed by atoms with Crippen molar-refractivity contribution in [2.45, 2.75) is 19.8 Å². The molecule has 1 aromatic carbocycles. The van der Waals surface area contributed by atoms with Gasteiger partial charge in [0.25, 0.3) is 0 Å². The van der Waals surface area contributed by atoms with Gasteiger partial charge in [-0.1, -0.05) is 23.7 Å². The number of halogens is 2. The van der Waals surface area contributed by atoms with Crippen molar-refractivity contribution in [1.29, 1.82) is 0 Å². The zero-order valence-electron chi connectivity index (χ0n) is 9.61. The van der Waals surface area contributed by atoms with Crippen LogP contribution in [0.25, 0.3) is 11.4 Å². The maximum absolute atomic E-state index is 12.9. The minimum absolute atomic E-state index is 0.00963. The first kappa shape index (κ1) is 12.7. The Labute approximate surface area is 108 Å². The van der Waals surface area contributed by atoms with Crippen molar-refractivity contribution in [3.8, 4) is 11.4 Å². The lowest BCUT2D eigenvalue weighted by Crippen LogP contribution is -2.00. The number of carbonyl (C=O) groups excluding carboxylic acids is 1. The zero-order chi connectivity index (χ0) is 13.1. The molecule has 0 aliphatic carbocycles. The first-order valence-corrected chi connectivity index (χ1v) is 5.77. The van der Waals surface area contributed by atoms with E-state index in [1.165, 1.54) is 18.2 Å². The van der Waals surface area contributed by atoms with Crippen LogP contribution in [0.5, 0.6) is 0 Å². The summed E-state index contributed by atoms with van der Waals surface area (Å²) in [7, 11) is 0. The van der Waals surface area contributed by atoms with Crippen LogP contribution in [0.3, 0.4) is 0 Å². The fraction of sp³-hybridized carbons (Fsp3) is 0.250.